The topological polar surface area (TPSA) is 74.2 Å². The van der Waals surface area contributed by atoms with Crippen molar-refractivity contribution in [1.82, 2.24) is 0 Å². The zero-order valence-corrected chi connectivity index (χ0v) is 17.0. The van der Waals surface area contributed by atoms with Crippen LogP contribution in [0, 0.1) is 13.8 Å². The molecule has 1 N–H and O–H groups in total. The van der Waals surface area contributed by atoms with E-state index in [0.717, 1.165) is 11.1 Å². The SMILES string of the molecule is CCC(Oc1ccccc1C)OP(=O)(O)OC(CC)Oc1ccccc1C. The summed E-state index contributed by atoms with van der Waals surface area (Å²) in [6.45, 7) is 7.37. The van der Waals surface area contributed by atoms with E-state index in [1.165, 1.54) is 0 Å². The van der Waals surface area contributed by atoms with Gasteiger partial charge >= 0.3 is 7.82 Å². The minimum Gasteiger partial charge on any atom is -0.464 e. The van der Waals surface area contributed by atoms with Gasteiger partial charge in [0.2, 0.25) is 12.6 Å². The molecule has 2 rings (SSSR count). The fraction of sp³-hybridized carbons (Fsp3) is 0.400. The van der Waals surface area contributed by atoms with Crippen LogP contribution in [0.4, 0.5) is 0 Å². The molecular weight excluding hydrogens is 367 g/mol. The van der Waals surface area contributed by atoms with Gasteiger partial charge in [-0.1, -0.05) is 50.2 Å². The third-order valence-electron chi connectivity index (χ3n) is 3.87. The quantitative estimate of drug-likeness (QED) is 0.432. The maximum Gasteiger partial charge on any atom is 0.478 e. The van der Waals surface area contributed by atoms with Crippen molar-refractivity contribution in [2.45, 2.75) is 53.1 Å². The summed E-state index contributed by atoms with van der Waals surface area (Å²) in [5.41, 5.74) is 1.81. The normalized spacial score (nSPS) is 15.6. The molecule has 0 aliphatic carbocycles. The van der Waals surface area contributed by atoms with Gasteiger partial charge in [-0.3, -0.25) is 0 Å². The first kappa shape index (κ1) is 21.5. The maximum atomic E-state index is 12.5. The van der Waals surface area contributed by atoms with E-state index in [4.69, 9.17) is 18.5 Å². The molecule has 0 aliphatic rings. The lowest BCUT2D eigenvalue weighted by Gasteiger charge is -2.25. The number of phosphoric ester groups is 1. The lowest BCUT2D eigenvalue weighted by molar-refractivity contribution is -0.0656. The van der Waals surface area contributed by atoms with Crippen molar-refractivity contribution in [1.29, 1.82) is 0 Å². The van der Waals surface area contributed by atoms with E-state index in [0.29, 0.717) is 24.3 Å². The zero-order valence-electron chi connectivity index (χ0n) is 16.1. The molecule has 27 heavy (non-hydrogen) atoms. The van der Waals surface area contributed by atoms with Crippen molar-refractivity contribution >= 4 is 7.82 Å². The average Bonchev–Trinajstić information content (AvgIpc) is 2.63. The van der Waals surface area contributed by atoms with Crippen molar-refractivity contribution < 1.29 is 28.0 Å². The highest BCUT2D eigenvalue weighted by atomic mass is 31.2. The van der Waals surface area contributed by atoms with Gasteiger partial charge in [0.25, 0.3) is 0 Å². The van der Waals surface area contributed by atoms with E-state index in [9.17, 15) is 9.46 Å². The highest BCUT2D eigenvalue weighted by molar-refractivity contribution is 7.47. The molecule has 6 nitrogen and oxygen atoms in total. The first-order valence-electron chi connectivity index (χ1n) is 8.98. The number of hydrogen-bond acceptors (Lipinski definition) is 5. The Balaban J connectivity index is 2.01. The molecule has 0 radical (unpaired) electrons. The van der Waals surface area contributed by atoms with Gasteiger partial charge in [0, 0.05) is 12.8 Å². The Morgan fingerprint density at radius 2 is 1.19 bits per heavy atom. The molecule has 0 aromatic heterocycles. The van der Waals surface area contributed by atoms with Crippen molar-refractivity contribution in [3.05, 3.63) is 59.7 Å². The maximum absolute atomic E-state index is 12.5. The lowest BCUT2D eigenvalue weighted by Crippen LogP contribution is -2.23. The highest BCUT2D eigenvalue weighted by Gasteiger charge is 2.31. The van der Waals surface area contributed by atoms with Gasteiger partial charge in [0.15, 0.2) is 0 Å². The summed E-state index contributed by atoms with van der Waals surface area (Å²) in [6.07, 6.45) is -1.09. The van der Waals surface area contributed by atoms with E-state index in [2.05, 4.69) is 0 Å². The second-order valence-electron chi connectivity index (χ2n) is 6.12. The molecule has 148 valence electrons. The molecule has 2 aromatic carbocycles. The Morgan fingerprint density at radius 3 is 1.52 bits per heavy atom. The Bertz CT molecular complexity index is 717. The van der Waals surface area contributed by atoms with Crippen molar-refractivity contribution in [3.63, 3.8) is 0 Å². The number of para-hydroxylation sites is 2. The van der Waals surface area contributed by atoms with E-state index in [-0.39, 0.29) is 0 Å². The van der Waals surface area contributed by atoms with E-state index in [1.807, 2.05) is 50.2 Å². The van der Waals surface area contributed by atoms with Gasteiger partial charge < -0.3 is 14.4 Å². The minimum atomic E-state index is -4.39. The third-order valence-corrected chi connectivity index (χ3v) is 4.88. The fourth-order valence-corrected chi connectivity index (χ4v) is 3.37. The lowest BCUT2D eigenvalue weighted by atomic mass is 10.2. The summed E-state index contributed by atoms with van der Waals surface area (Å²) >= 11 is 0. The van der Waals surface area contributed by atoms with Gasteiger partial charge in [0.1, 0.15) is 11.5 Å². The Hall–Kier alpha value is -1.85. The van der Waals surface area contributed by atoms with Crippen molar-refractivity contribution in [2.24, 2.45) is 0 Å². The molecule has 2 atom stereocenters. The molecule has 0 fully saturated rings. The number of aryl methyl sites for hydroxylation is 2. The summed E-state index contributed by atoms with van der Waals surface area (Å²) in [5, 5.41) is 0. The second-order valence-corrected chi connectivity index (χ2v) is 7.48. The van der Waals surface area contributed by atoms with Gasteiger partial charge in [-0.05, 0) is 37.1 Å². The summed E-state index contributed by atoms with van der Waals surface area (Å²) in [5.74, 6) is 1.18. The largest absolute Gasteiger partial charge is 0.478 e. The molecule has 0 heterocycles. The number of benzene rings is 2. The number of phosphoric acid groups is 1. The van der Waals surface area contributed by atoms with E-state index >= 15 is 0 Å². The molecule has 2 aromatic rings. The molecule has 0 amide bonds. The Morgan fingerprint density at radius 1 is 0.815 bits per heavy atom. The van der Waals surface area contributed by atoms with Crippen LogP contribution in [-0.2, 0) is 13.6 Å². The van der Waals surface area contributed by atoms with Crippen LogP contribution in [0.2, 0.25) is 0 Å². The van der Waals surface area contributed by atoms with Crippen molar-refractivity contribution in [3.8, 4) is 11.5 Å². The standard InChI is InChI=1S/C20H27O6P/c1-5-19(23-17-13-9-7-11-15(17)3)25-27(21,22)26-20(6-2)24-18-14-10-8-12-16(18)4/h7-14,19-20H,5-6H2,1-4H3,(H,21,22). The van der Waals surface area contributed by atoms with Crippen LogP contribution < -0.4 is 9.47 Å². The first-order valence-corrected chi connectivity index (χ1v) is 10.5. The average molecular weight is 394 g/mol. The summed E-state index contributed by atoms with van der Waals surface area (Å²) < 4.78 is 34.3. The smallest absolute Gasteiger partial charge is 0.464 e. The Kier molecular flexibility index (Phi) is 7.87. The van der Waals surface area contributed by atoms with Crippen LogP contribution >= 0.6 is 7.82 Å². The van der Waals surface area contributed by atoms with Gasteiger partial charge in [-0.25, -0.2) is 13.6 Å². The molecule has 0 bridgehead atoms. The van der Waals surface area contributed by atoms with Crippen LogP contribution in [0.5, 0.6) is 11.5 Å². The molecule has 0 aliphatic heterocycles. The van der Waals surface area contributed by atoms with Crippen LogP contribution in [0.25, 0.3) is 0 Å². The van der Waals surface area contributed by atoms with E-state index < -0.39 is 20.4 Å². The van der Waals surface area contributed by atoms with Crippen LogP contribution in [0.15, 0.2) is 48.5 Å². The first-order chi connectivity index (χ1) is 12.8. The summed E-state index contributed by atoms with van der Waals surface area (Å²) in [7, 11) is -4.39. The zero-order chi connectivity index (χ0) is 19.9. The molecule has 0 saturated heterocycles. The predicted molar refractivity (Wildman–Crippen MR) is 104 cm³/mol. The van der Waals surface area contributed by atoms with Crippen LogP contribution in [-0.4, -0.2) is 17.5 Å². The summed E-state index contributed by atoms with van der Waals surface area (Å²) in [4.78, 5) is 10.2. The highest BCUT2D eigenvalue weighted by Crippen LogP contribution is 2.47. The minimum absolute atomic E-state index is 0.373. The van der Waals surface area contributed by atoms with Gasteiger partial charge in [0.05, 0.1) is 0 Å². The number of hydrogen-bond donors (Lipinski definition) is 1. The van der Waals surface area contributed by atoms with Crippen LogP contribution in [0.3, 0.4) is 0 Å². The molecule has 0 saturated carbocycles. The number of rotatable bonds is 10. The summed E-state index contributed by atoms with van der Waals surface area (Å²) in [6, 6.07) is 14.8. The van der Waals surface area contributed by atoms with Crippen molar-refractivity contribution in [2.75, 3.05) is 0 Å². The Labute approximate surface area is 160 Å². The van der Waals surface area contributed by atoms with Gasteiger partial charge in [-0.15, -0.1) is 0 Å². The molecule has 2 unspecified atom stereocenters. The van der Waals surface area contributed by atoms with E-state index in [1.54, 1.807) is 26.0 Å². The fourth-order valence-electron chi connectivity index (χ4n) is 2.34. The third kappa shape index (κ3) is 6.67. The number of ether oxygens (including phenoxy) is 2. The van der Waals surface area contributed by atoms with Gasteiger partial charge in [-0.2, -0.15) is 0 Å². The predicted octanol–water partition coefficient (Wildman–Crippen LogP) is 5.37. The molecular formula is C20H27O6P. The monoisotopic (exact) mass is 394 g/mol. The molecule has 0 spiro atoms. The molecule has 7 heteroatoms. The second kappa shape index (κ2) is 9.90. The van der Waals surface area contributed by atoms with Crippen LogP contribution in [0.1, 0.15) is 37.8 Å².